The molecule has 3 heterocycles. The van der Waals surface area contributed by atoms with E-state index < -0.39 is 0 Å². The second-order valence-corrected chi connectivity index (χ2v) is 13.9. The lowest BCUT2D eigenvalue weighted by molar-refractivity contribution is 0.496. The Balaban J connectivity index is 1.60. The van der Waals surface area contributed by atoms with Crippen LogP contribution in [0.5, 0.6) is 0 Å². The van der Waals surface area contributed by atoms with Crippen LogP contribution >= 0.6 is 23.5 Å². The second kappa shape index (κ2) is 8.07. The number of hydrogen-bond donors (Lipinski definition) is 0. The largest absolute Gasteiger partial charge is 0.378 e. The van der Waals surface area contributed by atoms with Gasteiger partial charge in [0.2, 0.25) is 0 Å². The molecule has 0 amide bonds. The molecule has 3 atom stereocenters. The molecule has 0 saturated carbocycles. The summed E-state index contributed by atoms with van der Waals surface area (Å²) in [7, 11) is 4.21. The first kappa shape index (κ1) is 23.1. The summed E-state index contributed by atoms with van der Waals surface area (Å²) in [5, 5.41) is 1.26. The molecule has 6 rings (SSSR count). The van der Waals surface area contributed by atoms with Crippen LogP contribution in [0.3, 0.4) is 0 Å². The van der Waals surface area contributed by atoms with E-state index in [0.717, 1.165) is 12.8 Å². The molecule has 4 bridgehead atoms. The maximum absolute atomic E-state index is 5.43. The highest BCUT2D eigenvalue weighted by Gasteiger charge is 2.72. The van der Waals surface area contributed by atoms with Crippen LogP contribution in [-0.4, -0.2) is 28.9 Å². The number of para-hydroxylation sites is 1. The molecule has 180 valence electrons. The average molecular weight is 500 g/mol. The molecule has 3 aliphatic rings. The quantitative estimate of drug-likeness (QED) is 0.372. The topological polar surface area (TPSA) is 18.8 Å². The number of anilines is 2. The minimum absolute atomic E-state index is 0.111. The molecule has 3 nitrogen and oxygen atoms in total. The normalized spacial score (nSPS) is 27.9. The van der Waals surface area contributed by atoms with Gasteiger partial charge in [0.1, 0.15) is 14.8 Å². The van der Waals surface area contributed by atoms with E-state index in [0.29, 0.717) is 5.92 Å². The molecule has 0 radical (unpaired) electrons. The zero-order chi connectivity index (χ0) is 24.4. The van der Waals surface area contributed by atoms with Crippen molar-refractivity contribution in [2.45, 2.75) is 53.8 Å². The summed E-state index contributed by atoms with van der Waals surface area (Å²) in [6.07, 6.45) is 2.20. The third-order valence-electron chi connectivity index (χ3n) is 7.35. The fourth-order valence-electron chi connectivity index (χ4n) is 5.93. The summed E-state index contributed by atoms with van der Waals surface area (Å²) in [6.45, 7) is 6.67. The van der Waals surface area contributed by atoms with Crippen molar-refractivity contribution in [3.63, 3.8) is 0 Å². The maximum Gasteiger partial charge on any atom is 0.147 e. The van der Waals surface area contributed by atoms with Gasteiger partial charge in [-0.2, -0.15) is 0 Å². The zero-order valence-corrected chi connectivity index (χ0v) is 22.8. The van der Waals surface area contributed by atoms with Crippen molar-refractivity contribution in [3.8, 4) is 0 Å². The minimum Gasteiger partial charge on any atom is -0.378 e. The molecule has 0 unspecified atom stereocenters. The third-order valence-corrected chi connectivity index (χ3v) is 10.6. The van der Waals surface area contributed by atoms with E-state index in [2.05, 4.69) is 124 Å². The fourth-order valence-corrected chi connectivity index (χ4v) is 9.67. The second-order valence-electron chi connectivity index (χ2n) is 11.1. The molecule has 0 aliphatic carbocycles. The van der Waals surface area contributed by atoms with E-state index >= 15 is 0 Å². The van der Waals surface area contributed by atoms with Crippen molar-refractivity contribution >= 4 is 39.9 Å². The van der Waals surface area contributed by atoms with Gasteiger partial charge in [0.05, 0.1) is 5.54 Å². The highest BCUT2D eigenvalue weighted by molar-refractivity contribution is 8.27. The Bertz CT molecular complexity index is 1280. The lowest BCUT2D eigenvalue weighted by Crippen LogP contribution is -2.48. The summed E-state index contributed by atoms with van der Waals surface area (Å²) >= 11 is 4.04. The van der Waals surface area contributed by atoms with Gasteiger partial charge in [-0.1, -0.05) is 72.1 Å². The molecule has 3 aromatic carbocycles. The van der Waals surface area contributed by atoms with Gasteiger partial charge in [0, 0.05) is 36.3 Å². The van der Waals surface area contributed by atoms with Crippen LogP contribution in [0.25, 0.3) is 0 Å². The maximum atomic E-state index is 5.43. The number of nitrogens with zero attached hydrogens (tertiary/aromatic N) is 3. The Morgan fingerprint density at radius 2 is 1.63 bits per heavy atom. The van der Waals surface area contributed by atoms with Crippen molar-refractivity contribution in [2.75, 3.05) is 23.9 Å². The summed E-state index contributed by atoms with van der Waals surface area (Å²) in [5.41, 5.74) is 5.03. The predicted octanol–water partition coefficient (Wildman–Crippen LogP) is 7.42. The van der Waals surface area contributed by atoms with E-state index in [1.807, 2.05) is 23.5 Å². The Hall–Kier alpha value is -2.37. The number of thioether (sulfide) groups is 2. The molecule has 3 aliphatic heterocycles. The van der Waals surface area contributed by atoms with Crippen molar-refractivity contribution in [3.05, 3.63) is 90.0 Å². The Labute approximate surface area is 218 Å². The monoisotopic (exact) mass is 499 g/mol. The van der Waals surface area contributed by atoms with Gasteiger partial charge in [-0.25, -0.2) is 0 Å². The van der Waals surface area contributed by atoms with E-state index in [1.54, 1.807) is 0 Å². The number of rotatable bonds is 4. The van der Waals surface area contributed by atoms with Crippen LogP contribution in [0, 0.1) is 5.92 Å². The van der Waals surface area contributed by atoms with Crippen LogP contribution in [0.1, 0.15) is 38.3 Å². The zero-order valence-electron chi connectivity index (χ0n) is 21.2. The van der Waals surface area contributed by atoms with Crippen molar-refractivity contribution in [1.82, 2.24) is 0 Å². The molecule has 5 heteroatoms. The highest BCUT2D eigenvalue weighted by atomic mass is 32.2. The minimum atomic E-state index is -0.248. The molecule has 35 heavy (non-hydrogen) atoms. The van der Waals surface area contributed by atoms with Gasteiger partial charge in [-0.15, -0.1) is 0 Å². The SMILES string of the molecule is CN(C)c1ccc([C@@]23C[C@@H]4Cc5ccccc5N2[C@]4(Sc2ccccc2)SC3=NC(C)(C)C)cc1. The van der Waals surface area contributed by atoms with Gasteiger partial charge in [-0.3, -0.25) is 4.99 Å². The summed E-state index contributed by atoms with van der Waals surface area (Å²) < 4.78 is -0.111. The average Bonchev–Trinajstić information content (AvgIpc) is 3.16. The van der Waals surface area contributed by atoms with Gasteiger partial charge < -0.3 is 9.80 Å². The number of fused-ring (bicyclic) bond motifs is 1. The summed E-state index contributed by atoms with van der Waals surface area (Å²) in [4.78, 5) is 11.7. The standard InChI is InChI=1S/C30H33N3S2/c1-28(2,3)31-27-29(22-15-17-24(18-16-22)32(4)5)20-23-19-21-11-9-10-14-26(21)33(29)30(23,35-27)34-25-12-7-6-8-13-25/h6-18,23H,19-20H2,1-5H3/t23-,29+,30+/m0/s1. The lowest BCUT2D eigenvalue weighted by Gasteiger charge is -2.44. The van der Waals surface area contributed by atoms with Crippen molar-refractivity contribution in [2.24, 2.45) is 10.9 Å². The summed E-state index contributed by atoms with van der Waals surface area (Å²) in [6, 6.07) is 29.2. The van der Waals surface area contributed by atoms with Gasteiger partial charge in [0.25, 0.3) is 0 Å². The molecule has 0 N–H and O–H groups in total. The van der Waals surface area contributed by atoms with Crippen LogP contribution in [-0.2, 0) is 12.0 Å². The smallest absolute Gasteiger partial charge is 0.147 e. The van der Waals surface area contributed by atoms with E-state index in [4.69, 9.17) is 4.99 Å². The first-order valence-corrected chi connectivity index (χ1v) is 14.1. The van der Waals surface area contributed by atoms with Crippen LogP contribution in [0.4, 0.5) is 11.4 Å². The molecule has 0 aromatic heterocycles. The lowest BCUT2D eigenvalue weighted by atomic mass is 9.84. The first-order chi connectivity index (χ1) is 16.7. The number of aliphatic imine (C=N–C) groups is 1. The highest BCUT2D eigenvalue weighted by Crippen LogP contribution is 2.73. The fraction of sp³-hybridized carbons (Fsp3) is 0.367. The van der Waals surface area contributed by atoms with Gasteiger partial charge >= 0.3 is 0 Å². The molecule has 2 saturated heterocycles. The van der Waals surface area contributed by atoms with Crippen LogP contribution in [0.2, 0.25) is 0 Å². The van der Waals surface area contributed by atoms with Gasteiger partial charge in [0.15, 0.2) is 0 Å². The summed E-state index contributed by atoms with van der Waals surface area (Å²) in [5.74, 6) is 0.528. The van der Waals surface area contributed by atoms with Crippen molar-refractivity contribution in [1.29, 1.82) is 0 Å². The van der Waals surface area contributed by atoms with Crippen LogP contribution < -0.4 is 9.80 Å². The third kappa shape index (κ3) is 3.54. The Morgan fingerprint density at radius 1 is 0.943 bits per heavy atom. The molecular formula is C30H33N3S2. The first-order valence-electron chi connectivity index (χ1n) is 12.4. The van der Waals surface area contributed by atoms with E-state index in [9.17, 15) is 0 Å². The number of hydrogen-bond acceptors (Lipinski definition) is 5. The van der Waals surface area contributed by atoms with Crippen LogP contribution in [0.15, 0.2) is 88.8 Å². The number of benzene rings is 3. The molecule has 2 fully saturated rings. The molecule has 3 aromatic rings. The Morgan fingerprint density at radius 3 is 2.31 bits per heavy atom. The Kier molecular flexibility index (Phi) is 5.32. The molecule has 0 spiro atoms. The van der Waals surface area contributed by atoms with E-state index in [1.165, 1.54) is 32.4 Å². The van der Waals surface area contributed by atoms with Gasteiger partial charge in [-0.05, 0) is 75.1 Å². The van der Waals surface area contributed by atoms with E-state index in [-0.39, 0.29) is 15.3 Å². The predicted molar refractivity (Wildman–Crippen MR) is 153 cm³/mol. The molecular weight excluding hydrogens is 466 g/mol. The van der Waals surface area contributed by atoms with Crippen molar-refractivity contribution < 1.29 is 0 Å².